The average Bonchev–Trinajstić information content (AvgIpc) is 3.22. The fraction of sp³-hybridized carbons (Fsp3) is 0.762. The van der Waals surface area contributed by atoms with Crippen molar-refractivity contribution >= 4 is 17.2 Å². The lowest BCUT2D eigenvalue weighted by atomic mass is 10.0. The molecule has 4 heterocycles. The summed E-state index contributed by atoms with van der Waals surface area (Å²) in [5, 5.41) is 4.36. The van der Waals surface area contributed by atoms with Crippen molar-refractivity contribution in [1.29, 1.82) is 0 Å². The van der Waals surface area contributed by atoms with Gasteiger partial charge in [-0.05, 0) is 48.8 Å². The Kier molecular flexibility index (Phi) is 7.01. The predicted molar refractivity (Wildman–Crippen MR) is 115 cm³/mol. The minimum absolute atomic E-state index is 0.320. The highest BCUT2D eigenvalue weighted by Crippen LogP contribution is 2.17. The number of likely N-dealkylation sites (N-methyl/N-ethyl adjacent to an activating group) is 1. The summed E-state index contributed by atoms with van der Waals surface area (Å²) in [5.74, 6) is 0.320. The first-order valence-electron chi connectivity index (χ1n) is 10.8. The molecular weight excluding hydrogens is 370 g/mol. The van der Waals surface area contributed by atoms with Crippen LogP contribution in [0.3, 0.4) is 0 Å². The molecule has 0 spiro atoms. The molecule has 1 amide bonds. The zero-order chi connectivity index (χ0) is 19.3. The van der Waals surface area contributed by atoms with Crippen LogP contribution in [-0.2, 0) is 11.3 Å². The number of hydrogen-bond donors (Lipinski definition) is 0. The quantitative estimate of drug-likeness (QED) is 0.733. The molecule has 3 aliphatic rings. The Morgan fingerprint density at radius 3 is 2.46 bits per heavy atom. The molecule has 1 aromatic heterocycles. The molecule has 7 heteroatoms. The van der Waals surface area contributed by atoms with Gasteiger partial charge in [0.15, 0.2) is 0 Å². The van der Waals surface area contributed by atoms with E-state index in [1.165, 1.54) is 31.5 Å². The van der Waals surface area contributed by atoms with Gasteiger partial charge in [0.05, 0.1) is 6.54 Å². The average molecular weight is 406 g/mol. The number of nitrogens with zero attached hydrogens (tertiary/aromatic N) is 5. The second kappa shape index (κ2) is 9.67. The lowest BCUT2D eigenvalue weighted by Gasteiger charge is -2.43. The third kappa shape index (κ3) is 5.33. The molecule has 6 nitrogen and oxygen atoms in total. The Morgan fingerprint density at radius 2 is 1.79 bits per heavy atom. The molecule has 156 valence electrons. The van der Waals surface area contributed by atoms with Crippen LogP contribution in [0.15, 0.2) is 16.8 Å². The molecule has 0 saturated carbocycles. The van der Waals surface area contributed by atoms with Crippen LogP contribution in [0.1, 0.15) is 18.4 Å². The maximum atomic E-state index is 12.8. The van der Waals surface area contributed by atoms with Crippen molar-refractivity contribution in [2.45, 2.75) is 25.4 Å². The molecule has 3 fully saturated rings. The van der Waals surface area contributed by atoms with Crippen LogP contribution in [0.5, 0.6) is 0 Å². The number of carbonyl (C=O) groups excluding carboxylic acids is 1. The Morgan fingerprint density at radius 1 is 1.04 bits per heavy atom. The van der Waals surface area contributed by atoms with E-state index in [0.29, 0.717) is 18.5 Å². The summed E-state index contributed by atoms with van der Waals surface area (Å²) in [6.45, 7) is 12.1. The van der Waals surface area contributed by atoms with Crippen LogP contribution in [0.4, 0.5) is 0 Å². The molecule has 0 aliphatic carbocycles. The summed E-state index contributed by atoms with van der Waals surface area (Å²) in [4.78, 5) is 24.8. The van der Waals surface area contributed by atoms with Crippen LogP contribution in [0.2, 0.25) is 0 Å². The zero-order valence-electron chi connectivity index (χ0n) is 17.3. The molecule has 0 bridgehead atoms. The van der Waals surface area contributed by atoms with Gasteiger partial charge in [-0.15, -0.1) is 0 Å². The normalized spacial score (nSPS) is 26.6. The Hall–Kier alpha value is -0.990. The maximum Gasteiger partial charge on any atom is 0.236 e. The number of carbonyl (C=O) groups is 1. The van der Waals surface area contributed by atoms with E-state index in [1.807, 2.05) is 0 Å². The van der Waals surface area contributed by atoms with Gasteiger partial charge in [-0.1, -0.05) is 0 Å². The van der Waals surface area contributed by atoms with E-state index < -0.39 is 0 Å². The molecule has 0 radical (unpaired) electrons. The second-order valence-corrected chi connectivity index (χ2v) is 9.44. The first-order valence-corrected chi connectivity index (χ1v) is 11.8. The minimum Gasteiger partial charge on any atom is -0.339 e. The SMILES string of the molecule is CN1CCCC(N2CCN(CC(=O)N3CCN(Cc4ccsc4)CC3)CC2)C1. The number of amides is 1. The Labute approximate surface area is 173 Å². The monoisotopic (exact) mass is 405 g/mol. The van der Waals surface area contributed by atoms with Crippen molar-refractivity contribution in [3.05, 3.63) is 22.4 Å². The standard InChI is InChI=1S/C21H35N5OS/c1-22-5-2-3-20(16-22)25-10-6-24(7-11-25)17-21(27)26-12-8-23(9-13-26)15-19-4-14-28-18-19/h4,14,18,20H,2-3,5-13,15-17H2,1H3. The number of likely N-dealkylation sites (tertiary alicyclic amines) is 1. The van der Waals surface area contributed by atoms with Crippen molar-refractivity contribution in [3.63, 3.8) is 0 Å². The van der Waals surface area contributed by atoms with Crippen LogP contribution >= 0.6 is 11.3 Å². The number of rotatable bonds is 5. The minimum atomic E-state index is 0.320. The van der Waals surface area contributed by atoms with Crippen LogP contribution < -0.4 is 0 Å². The highest BCUT2D eigenvalue weighted by atomic mass is 32.1. The van der Waals surface area contributed by atoms with Gasteiger partial charge in [0, 0.05) is 71.5 Å². The lowest BCUT2D eigenvalue weighted by Crippen LogP contribution is -2.56. The largest absolute Gasteiger partial charge is 0.339 e. The smallest absolute Gasteiger partial charge is 0.236 e. The van der Waals surface area contributed by atoms with E-state index in [0.717, 1.165) is 58.9 Å². The molecule has 1 atom stereocenters. The van der Waals surface area contributed by atoms with Gasteiger partial charge in [0.1, 0.15) is 0 Å². The Balaban J connectivity index is 1.16. The molecule has 28 heavy (non-hydrogen) atoms. The topological polar surface area (TPSA) is 33.3 Å². The predicted octanol–water partition coefficient (Wildman–Crippen LogP) is 1.10. The summed E-state index contributed by atoms with van der Waals surface area (Å²) >= 11 is 1.76. The third-order valence-electron chi connectivity index (χ3n) is 6.59. The fourth-order valence-corrected chi connectivity index (χ4v) is 5.47. The summed E-state index contributed by atoms with van der Waals surface area (Å²) in [6, 6.07) is 2.92. The van der Waals surface area contributed by atoms with E-state index >= 15 is 0 Å². The van der Waals surface area contributed by atoms with Crippen molar-refractivity contribution in [3.8, 4) is 0 Å². The molecule has 1 aromatic rings. The Bertz CT molecular complexity index is 608. The van der Waals surface area contributed by atoms with Crippen LogP contribution in [0.25, 0.3) is 0 Å². The van der Waals surface area contributed by atoms with Gasteiger partial charge in [-0.2, -0.15) is 11.3 Å². The molecule has 0 N–H and O–H groups in total. The van der Waals surface area contributed by atoms with Gasteiger partial charge in [0.2, 0.25) is 5.91 Å². The first-order chi connectivity index (χ1) is 13.7. The van der Waals surface area contributed by atoms with Crippen molar-refractivity contribution < 1.29 is 4.79 Å². The number of piperazine rings is 2. The summed E-state index contributed by atoms with van der Waals surface area (Å²) < 4.78 is 0. The van der Waals surface area contributed by atoms with E-state index in [1.54, 1.807) is 11.3 Å². The molecule has 3 saturated heterocycles. The van der Waals surface area contributed by atoms with Crippen molar-refractivity contribution in [1.82, 2.24) is 24.5 Å². The van der Waals surface area contributed by atoms with Crippen LogP contribution in [0, 0.1) is 0 Å². The van der Waals surface area contributed by atoms with E-state index in [4.69, 9.17) is 0 Å². The molecule has 3 aliphatic heterocycles. The first kappa shape index (κ1) is 20.3. The highest BCUT2D eigenvalue weighted by molar-refractivity contribution is 7.07. The highest BCUT2D eigenvalue weighted by Gasteiger charge is 2.29. The lowest BCUT2D eigenvalue weighted by molar-refractivity contribution is -0.134. The third-order valence-corrected chi connectivity index (χ3v) is 7.33. The van der Waals surface area contributed by atoms with Crippen LogP contribution in [-0.4, -0.2) is 115 Å². The summed E-state index contributed by atoms with van der Waals surface area (Å²) in [7, 11) is 2.24. The van der Waals surface area contributed by atoms with Gasteiger partial charge >= 0.3 is 0 Å². The van der Waals surface area contributed by atoms with Gasteiger partial charge in [-0.25, -0.2) is 0 Å². The zero-order valence-corrected chi connectivity index (χ0v) is 18.1. The summed E-state index contributed by atoms with van der Waals surface area (Å²) in [5.41, 5.74) is 1.40. The number of piperidine rings is 1. The van der Waals surface area contributed by atoms with Gasteiger partial charge in [-0.3, -0.25) is 19.5 Å². The summed E-state index contributed by atoms with van der Waals surface area (Å²) in [6.07, 6.45) is 2.65. The maximum absolute atomic E-state index is 12.8. The van der Waals surface area contributed by atoms with E-state index in [9.17, 15) is 4.79 Å². The molecular formula is C21H35N5OS. The molecule has 1 unspecified atom stereocenters. The molecule has 0 aromatic carbocycles. The number of hydrogen-bond acceptors (Lipinski definition) is 6. The number of thiophene rings is 1. The van der Waals surface area contributed by atoms with Crippen molar-refractivity contribution in [2.75, 3.05) is 79.0 Å². The van der Waals surface area contributed by atoms with Gasteiger partial charge < -0.3 is 9.80 Å². The second-order valence-electron chi connectivity index (χ2n) is 8.66. The van der Waals surface area contributed by atoms with Crippen molar-refractivity contribution in [2.24, 2.45) is 0 Å². The molecule has 4 rings (SSSR count). The van der Waals surface area contributed by atoms with E-state index in [2.05, 4.69) is 48.4 Å². The van der Waals surface area contributed by atoms with E-state index in [-0.39, 0.29) is 0 Å². The van der Waals surface area contributed by atoms with Gasteiger partial charge in [0.25, 0.3) is 0 Å². The fourth-order valence-electron chi connectivity index (χ4n) is 4.81.